The van der Waals surface area contributed by atoms with Gasteiger partial charge in [0.1, 0.15) is 5.69 Å². The number of fused-ring (bicyclic) bond motifs is 1. The second kappa shape index (κ2) is 9.74. The van der Waals surface area contributed by atoms with E-state index in [0.29, 0.717) is 30.7 Å². The molecule has 0 saturated carbocycles. The van der Waals surface area contributed by atoms with Crippen LogP contribution in [0.25, 0.3) is 22.3 Å². The molecule has 0 unspecified atom stereocenters. The van der Waals surface area contributed by atoms with Crippen LogP contribution in [0.1, 0.15) is 10.5 Å². The van der Waals surface area contributed by atoms with Gasteiger partial charge in [0.2, 0.25) is 11.9 Å². The van der Waals surface area contributed by atoms with Crippen molar-refractivity contribution >= 4 is 34.4 Å². The number of benzene rings is 1. The molecule has 0 aliphatic rings. The van der Waals surface area contributed by atoms with Crippen molar-refractivity contribution in [2.45, 2.75) is 0 Å². The number of carbonyl (C=O) groups excluding carboxylic acids is 1. The number of nitrogens with zero attached hydrogens (tertiary/aromatic N) is 5. The Morgan fingerprint density at radius 1 is 0.794 bits per heavy atom. The van der Waals surface area contributed by atoms with Gasteiger partial charge in [0.15, 0.2) is 0 Å². The van der Waals surface area contributed by atoms with E-state index in [1.54, 1.807) is 30.9 Å². The molecule has 168 valence electrons. The summed E-state index contributed by atoms with van der Waals surface area (Å²) in [6.07, 6.45) is 6.73. The fourth-order valence-corrected chi connectivity index (χ4v) is 3.37. The van der Waals surface area contributed by atoms with Gasteiger partial charge < -0.3 is 20.9 Å². The molecule has 0 saturated heterocycles. The smallest absolute Gasteiger partial charge is 0.267 e. The first-order chi connectivity index (χ1) is 16.7. The first-order valence-corrected chi connectivity index (χ1v) is 10.7. The SMILES string of the molecule is O=C(NCCNc1ncccn1)c1cc2cc(Nc3nccc(-c4ccccn4)n3)ccc2[nH]1. The number of aromatic amines is 1. The van der Waals surface area contributed by atoms with Crippen molar-refractivity contribution in [1.29, 1.82) is 0 Å². The highest BCUT2D eigenvalue weighted by Gasteiger charge is 2.10. The number of anilines is 3. The summed E-state index contributed by atoms with van der Waals surface area (Å²) in [5, 5.41) is 10.0. The zero-order valence-electron chi connectivity index (χ0n) is 18.1. The zero-order valence-corrected chi connectivity index (χ0v) is 18.1. The Morgan fingerprint density at radius 3 is 2.50 bits per heavy atom. The molecule has 1 aromatic carbocycles. The first kappa shape index (κ1) is 21.0. The van der Waals surface area contributed by atoms with E-state index in [1.807, 2.05) is 48.5 Å². The van der Waals surface area contributed by atoms with Gasteiger partial charge in [-0.05, 0) is 48.5 Å². The Bertz CT molecular complexity index is 1400. The fourth-order valence-electron chi connectivity index (χ4n) is 3.37. The summed E-state index contributed by atoms with van der Waals surface area (Å²) < 4.78 is 0. The number of rotatable bonds is 8. The van der Waals surface area contributed by atoms with Gasteiger partial charge in [-0.1, -0.05) is 6.07 Å². The Morgan fingerprint density at radius 2 is 1.65 bits per heavy atom. The van der Waals surface area contributed by atoms with Crippen molar-refractivity contribution in [3.63, 3.8) is 0 Å². The van der Waals surface area contributed by atoms with Crippen LogP contribution in [0.5, 0.6) is 0 Å². The molecule has 0 aliphatic carbocycles. The van der Waals surface area contributed by atoms with Crippen LogP contribution >= 0.6 is 0 Å². The molecule has 10 nitrogen and oxygen atoms in total. The van der Waals surface area contributed by atoms with Crippen LogP contribution in [0.4, 0.5) is 17.6 Å². The van der Waals surface area contributed by atoms with Gasteiger partial charge in [0, 0.05) is 54.5 Å². The van der Waals surface area contributed by atoms with Crippen LogP contribution in [0, 0.1) is 0 Å². The standard InChI is InChI=1S/C24H21N9O/c34-22(26-12-13-30-23-27-9-3-10-28-23)21-15-16-14-17(5-6-18(16)32-21)31-24-29-11-7-20(33-24)19-4-1-2-8-25-19/h1-11,14-15,32H,12-13H2,(H,26,34)(H,27,28,30)(H,29,31,33). The van der Waals surface area contributed by atoms with Crippen LogP contribution in [0.15, 0.2) is 79.4 Å². The molecule has 34 heavy (non-hydrogen) atoms. The monoisotopic (exact) mass is 451 g/mol. The summed E-state index contributed by atoms with van der Waals surface area (Å²) in [5.74, 6) is 0.802. The maximum Gasteiger partial charge on any atom is 0.267 e. The van der Waals surface area contributed by atoms with E-state index in [-0.39, 0.29) is 5.91 Å². The van der Waals surface area contributed by atoms with Gasteiger partial charge in [-0.15, -0.1) is 0 Å². The van der Waals surface area contributed by atoms with E-state index >= 15 is 0 Å². The van der Waals surface area contributed by atoms with Crippen LogP contribution in [-0.2, 0) is 0 Å². The zero-order chi connectivity index (χ0) is 23.2. The maximum atomic E-state index is 12.5. The minimum Gasteiger partial charge on any atom is -0.352 e. The molecule has 10 heteroatoms. The fraction of sp³-hybridized carbons (Fsp3) is 0.0833. The molecule has 0 radical (unpaired) electrons. The quantitative estimate of drug-likeness (QED) is 0.264. The normalized spacial score (nSPS) is 10.7. The van der Waals surface area contributed by atoms with Crippen LogP contribution < -0.4 is 16.0 Å². The molecule has 5 rings (SSSR count). The molecule has 0 bridgehead atoms. The summed E-state index contributed by atoms with van der Waals surface area (Å²) in [7, 11) is 0. The third-order valence-electron chi connectivity index (χ3n) is 4.96. The number of carbonyl (C=O) groups is 1. The third kappa shape index (κ3) is 4.96. The highest BCUT2D eigenvalue weighted by atomic mass is 16.1. The predicted octanol–water partition coefficient (Wildman–Crippen LogP) is 3.40. The van der Waals surface area contributed by atoms with E-state index in [0.717, 1.165) is 28.0 Å². The highest BCUT2D eigenvalue weighted by molar-refractivity contribution is 5.98. The van der Waals surface area contributed by atoms with E-state index in [4.69, 9.17) is 0 Å². The summed E-state index contributed by atoms with van der Waals surface area (Å²) >= 11 is 0. The number of hydrogen-bond acceptors (Lipinski definition) is 8. The minimum absolute atomic E-state index is 0.187. The lowest BCUT2D eigenvalue weighted by Gasteiger charge is -2.06. The third-order valence-corrected chi connectivity index (χ3v) is 4.96. The Kier molecular flexibility index (Phi) is 6.02. The van der Waals surface area contributed by atoms with Crippen molar-refractivity contribution in [1.82, 2.24) is 35.2 Å². The topological polar surface area (TPSA) is 133 Å². The van der Waals surface area contributed by atoms with Gasteiger partial charge >= 0.3 is 0 Å². The highest BCUT2D eigenvalue weighted by Crippen LogP contribution is 2.23. The Labute approximate surface area is 194 Å². The van der Waals surface area contributed by atoms with Crippen LogP contribution in [0.2, 0.25) is 0 Å². The van der Waals surface area contributed by atoms with E-state index in [9.17, 15) is 4.79 Å². The molecule has 1 amide bonds. The summed E-state index contributed by atoms with van der Waals surface area (Å²) in [6.45, 7) is 0.949. The summed E-state index contributed by atoms with van der Waals surface area (Å²) in [6, 6.07) is 16.8. The van der Waals surface area contributed by atoms with Crippen LogP contribution in [-0.4, -0.2) is 48.9 Å². The summed E-state index contributed by atoms with van der Waals surface area (Å²) in [5.41, 5.74) is 3.65. The maximum absolute atomic E-state index is 12.5. The molecule has 4 N–H and O–H groups in total. The lowest BCUT2D eigenvalue weighted by molar-refractivity contribution is 0.0951. The van der Waals surface area contributed by atoms with E-state index < -0.39 is 0 Å². The second-order valence-corrected chi connectivity index (χ2v) is 7.35. The van der Waals surface area contributed by atoms with Crippen molar-refractivity contribution in [3.8, 4) is 11.4 Å². The lowest BCUT2D eigenvalue weighted by Crippen LogP contribution is -2.29. The van der Waals surface area contributed by atoms with Gasteiger partial charge in [0.25, 0.3) is 5.91 Å². The molecular weight excluding hydrogens is 430 g/mol. The van der Waals surface area contributed by atoms with Crippen molar-refractivity contribution < 1.29 is 4.79 Å². The van der Waals surface area contributed by atoms with Crippen molar-refractivity contribution in [2.75, 3.05) is 23.7 Å². The number of H-pyrrole nitrogens is 1. The van der Waals surface area contributed by atoms with Crippen molar-refractivity contribution in [3.05, 3.63) is 85.1 Å². The van der Waals surface area contributed by atoms with Gasteiger partial charge in [0.05, 0.1) is 11.4 Å². The molecular formula is C24H21N9O. The average Bonchev–Trinajstić information content (AvgIpc) is 3.32. The van der Waals surface area contributed by atoms with Gasteiger partial charge in [-0.2, -0.15) is 0 Å². The second-order valence-electron chi connectivity index (χ2n) is 7.35. The number of pyridine rings is 1. The van der Waals surface area contributed by atoms with Crippen LogP contribution in [0.3, 0.4) is 0 Å². The largest absolute Gasteiger partial charge is 0.352 e. The Hall–Kier alpha value is -4.86. The first-order valence-electron chi connectivity index (χ1n) is 10.7. The average molecular weight is 451 g/mol. The Balaban J connectivity index is 1.23. The number of aromatic nitrogens is 6. The minimum atomic E-state index is -0.187. The molecule has 4 heterocycles. The van der Waals surface area contributed by atoms with Gasteiger partial charge in [-0.3, -0.25) is 9.78 Å². The van der Waals surface area contributed by atoms with Crippen molar-refractivity contribution in [2.24, 2.45) is 0 Å². The lowest BCUT2D eigenvalue weighted by atomic mass is 10.2. The number of amides is 1. The molecule has 0 spiro atoms. The van der Waals surface area contributed by atoms with Gasteiger partial charge in [-0.25, -0.2) is 19.9 Å². The predicted molar refractivity (Wildman–Crippen MR) is 130 cm³/mol. The molecule has 5 aromatic rings. The van der Waals surface area contributed by atoms with E-state index in [2.05, 4.69) is 45.9 Å². The number of hydrogen-bond donors (Lipinski definition) is 4. The molecule has 4 aromatic heterocycles. The summed E-state index contributed by atoms with van der Waals surface area (Å²) in [4.78, 5) is 37.0. The molecule has 0 aliphatic heterocycles. The molecule has 0 fully saturated rings. The number of nitrogens with one attached hydrogen (secondary N) is 4. The molecule has 0 atom stereocenters. The van der Waals surface area contributed by atoms with E-state index in [1.165, 1.54) is 0 Å².